The zero-order chi connectivity index (χ0) is 7.91. The van der Waals surface area contributed by atoms with Crippen molar-refractivity contribution in [2.75, 3.05) is 0 Å². The molecule has 0 aliphatic carbocycles. The molecule has 4 nitrogen and oxygen atoms in total. The predicted molar refractivity (Wildman–Crippen MR) is 25.0 cm³/mol. The third kappa shape index (κ3) is 2140. The summed E-state index contributed by atoms with van der Waals surface area (Å²) >= 11 is 0. The highest BCUT2D eigenvalue weighted by atomic mass is 32.3. The van der Waals surface area contributed by atoms with E-state index in [0.717, 1.165) is 0 Å². The van der Waals surface area contributed by atoms with E-state index in [2.05, 4.69) is 11.5 Å². The van der Waals surface area contributed by atoms with Gasteiger partial charge >= 0.3 is 10.5 Å². The fraction of sp³-hybridized carbons (Fsp3) is 0. The van der Waals surface area contributed by atoms with Gasteiger partial charge in [-0.15, -0.1) is 0 Å². The molecule has 0 amide bonds. The molecule has 0 unspecified atom stereocenters. The Morgan fingerprint density at radius 2 is 1.78 bits per heavy atom. The van der Waals surface area contributed by atoms with Crippen LogP contribution in [0.2, 0.25) is 0 Å². The lowest BCUT2D eigenvalue weighted by Gasteiger charge is -1.63. The molecule has 0 saturated carbocycles. The summed E-state index contributed by atoms with van der Waals surface area (Å²) in [7, 11) is -5.17. The van der Waals surface area contributed by atoms with Crippen molar-refractivity contribution in [1.82, 2.24) is 0 Å². The van der Waals surface area contributed by atoms with Gasteiger partial charge in [0.05, 0.1) is 0 Å². The number of rotatable bonds is 1. The van der Waals surface area contributed by atoms with Crippen molar-refractivity contribution in [2.45, 2.75) is 0 Å². The molecule has 0 spiro atoms. The summed E-state index contributed by atoms with van der Waals surface area (Å²) in [6, 6.07) is 0. The van der Waals surface area contributed by atoms with Crippen molar-refractivity contribution in [3.05, 3.63) is 12.8 Å². The Balaban J connectivity index is 0. The molecule has 0 heterocycles. The minimum absolute atomic E-state index is 0.708. The fourth-order valence-electron chi connectivity index (χ4n) is 0. The van der Waals surface area contributed by atoms with E-state index in [1.165, 1.54) is 0 Å². The Labute approximate surface area is 50.7 Å². The van der Waals surface area contributed by atoms with Crippen LogP contribution in [0.4, 0.5) is 8.41 Å². The summed E-state index contributed by atoms with van der Waals surface area (Å²) in [6.45, 7) is 2.88. The lowest BCUT2D eigenvalue weighted by molar-refractivity contribution is -0.0611. The van der Waals surface area contributed by atoms with Gasteiger partial charge in [-0.3, -0.25) is 4.55 Å². The van der Waals surface area contributed by atoms with Gasteiger partial charge in [0, 0.05) is 4.53 Å². The van der Waals surface area contributed by atoms with Gasteiger partial charge in [-0.2, -0.15) is 8.42 Å². The minimum atomic E-state index is -5.17. The molecule has 0 saturated heterocycles. The molecule has 56 valence electrons. The third-order valence-electron chi connectivity index (χ3n) is 0.0630. The number of hydrogen-bond acceptors (Lipinski definition) is 3. The van der Waals surface area contributed by atoms with E-state index in [0.29, 0.717) is 6.26 Å². The van der Waals surface area contributed by atoms with Crippen LogP contribution in [0.15, 0.2) is 12.8 Å². The lowest BCUT2D eigenvalue weighted by Crippen LogP contribution is -1.80. The van der Waals surface area contributed by atoms with Gasteiger partial charge in [-0.05, 0) is 0 Å². The van der Waals surface area contributed by atoms with Gasteiger partial charge in [-0.1, -0.05) is 10.5 Å². The summed E-state index contributed by atoms with van der Waals surface area (Å²) in [4.78, 5) is 2.81. The molecule has 0 aliphatic rings. The highest BCUT2D eigenvalue weighted by Crippen LogP contribution is 1.74. The first-order valence-electron chi connectivity index (χ1n) is 1.47. The molecule has 0 aromatic heterocycles. The first-order valence-corrected chi connectivity index (χ1v) is 2.81. The molecule has 1 N–H and O–H groups in total. The average molecular weight is 162 g/mol. The second-order valence-corrected chi connectivity index (χ2v) is 1.49. The minimum Gasteiger partial charge on any atom is -0.303 e. The smallest absolute Gasteiger partial charge is 0.303 e. The normalized spacial score (nSPS) is 8.78. The van der Waals surface area contributed by atoms with Crippen LogP contribution in [0.25, 0.3) is 0 Å². The van der Waals surface area contributed by atoms with E-state index >= 15 is 0 Å². The van der Waals surface area contributed by atoms with Crippen LogP contribution < -0.4 is 0 Å². The van der Waals surface area contributed by atoms with E-state index in [-0.39, 0.29) is 0 Å². The predicted octanol–water partition coefficient (Wildman–Crippen LogP) is 0.790. The monoisotopic (exact) mass is 162 g/mol. The molecule has 0 rings (SSSR count). The molecule has 0 aliphatic heterocycles. The van der Waals surface area contributed by atoms with Crippen LogP contribution in [-0.2, 0) is 15.4 Å². The van der Waals surface area contributed by atoms with Crippen LogP contribution >= 0.6 is 0 Å². The van der Waals surface area contributed by atoms with Crippen molar-refractivity contribution in [3.63, 3.8) is 0 Å². The Hall–Kier alpha value is -0.690. The topological polar surface area (TPSA) is 63.6 Å². The zero-order valence-corrected chi connectivity index (χ0v) is 4.94. The Morgan fingerprint density at radius 3 is 1.78 bits per heavy atom. The molecule has 0 aromatic rings. The van der Waals surface area contributed by atoms with Gasteiger partial charge in [-0.25, -0.2) is 0 Å². The lowest BCUT2D eigenvalue weighted by atomic mass is 11.2. The summed E-state index contributed by atoms with van der Waals surface area (Å²) in [6.07, 6.45) is 0.708. The maximum atomic E-state index is 10.2. The van der Waals surface area contributed by atoms with Gasteiger partial charge < -0.3 is 4.94 Å². The number of halogens is 2. The maximum Gasteiger partial charge on any atom is 0.435 e. The van der Waals surface area contributed by atoms with E-state index in [9.17, 15) is 8.41 Å². The van der Waals surface area contributed by atoms with Crippen LogP contribution in [0.3, 0.4) is 0 Å². The Bertz CT molecular complexity index is 142. The SMILES string of the molecule is C=COF.O=S(=O)(O)F. The molecule has 0 radical (unpaired) electrons. The summed E-state index contributed by atoms with van der Waals surface area (Å²) < 4.78 is 44.2. The maximum absolute atomic E-state index is 10.2. The third-order valence-corrected chi connectivity index (χ3v) is 0.0630. The summed E-state index contributed by atoms with van der Waals surface area (Å²) in [5.74, 6) is 0. The van der Waals surface area contributed by atoms with Gasteiger partial charge in [0.15, 0.2) is 0 Å². The first-order chi connectivity index (χ1) is 3.91. The second kappa shape index (κ2) is 5.45. The highest BCUT2D eigenvalue weighted by Gasteiger charge is 1.89. The van der Waals surface area contributed by atoms with Crippen LogP contribution in [0.5, 0.6) is 0 Å². The van der Waals surface area contributed by atoms with Crippen molar-refractivity contribution < 1.29 is 26.3 Å². The van der Waals surface area contributed by atoms with Gasteiger partial charge in [0.1, 0.15) is 6.26 Å². The van der Waals surface area contributed by atoms with Crippen molar-refractivity contribution in [1.29, 1.82) is 0 Å². The molecular weight excluding hydrogens is 158 g/mol. The largest absolute Gasteiger partial charge is 0.435 e. The van der Waals surface area contributed by atoms with Crippen LogP contribution in [-0.4, -0.2) is 13.0 Å². The Kier molecular flexibility index (Phi) is 6.75. The standard InChI is InChI=1S/C2H3FO.FHO3S/c1-2-4-3;1-5(2,3)4/h2H,1H2;(H,2,3,4). The molecule has 0 fully saturated rings. The van der Waals surface area contributed by atoms with Crippen molar-refractivity contribution >= 4 is 10.5 Å². The second-order valence-electron chi connectivity index (χ2n) is 0.668. The van der Waals surface area contributed by atoms with Crippen molar-refractivity contribution in [3.8, 4) is 0 Å². The Morgan fingerprint density at radius 1 is 1.67 bits per heavy atom. The summed E-state index contributed by atoms with van der Waals surface area (Å²) in [5, 5.41) is 0. The highest BCUT2D eigenvalue weighted by molar-refractivity contribution is 7.80. The van der Waals surface area contributed by atoms with Crippen molar-refractivity contribution in [2.24, 2.45) is 0 Å². The zero-order valence-electron chi connectivity index (χ0n) is 4.12. The molecule has 0 bridgehead atoms. The fourth-order valence-corrected chi connectivity index (χ4v) is 0. The van der Waals surface area contributed by atoms with E-state index < -0.39 is 10.5 Å². The molecule has 7 heteroatoms. The van der Waals surface area contributed by atoms with Crippen LogP contribution in [0, 0.1) is 0 Å². The van der Waals surface area contributed by atoms with Crippen LogP contribution in [0.1, 0.15) is 0 Å². The van der Waals surface area contributed by atoms with E-state index in [4.69, 9.17) is 13.0 Å². The number of hydrogen-bond donors (Lipinski definition) is 1. The van der Waals surface area contributed by atoms with E-state index in [1.54, 1.807) is 0 Å². The average Bonchev–Trinajstić information content (AvgIpc) is 1.61. The molecular formula is C2H4F2O4S. The quantitative estimate of drug-likeness (QED) is 0.351. The van der Waals surface area contributed by atoms with Gasteiger partial charge in [0.2, 0.25) is 0 Å². The van der Waals surface area contributed by atoms with Gasteiger partial charge in [0.25, 0.3) is 0 Å². The molecule has 0 atom stereocenters. The first kappa shape index (κ1) is 11.2. The summed E-state index contributed by atoms with van der Waals surface area (Å²) in [5.41, 5.74) is 0. The van der Waals surface area contributed by atoms with E-state index in [1.807, 2.05) is 0 Å². The molecule has 0 aromatic carbocycles. The molecule has 9 heavy (non-hydrogen) atoms.